The number of likely N-dealkylation sites (N-methyl/N-ethyl adjacent to an activating group) is 1. The Labute approximate surface area is 189 Å². The molecule has 0 spiro atoms. The summed E-state index contributed by atoms with van der Waals surface area (Å²) in [6.07, 6.45) is -1.87. The molecular formula is C19H22Cl2F3N7. The van der Waals surface area contributed by atoms with Gasteiger partial charge in [-0.05, 0) is 43.8 Å². The molecule has 1 atom stereocenters. The summed E-state index contributed by atoms with van der Waals surface area (Å²) in [5.41, 5.74) is 6.24. The van der Waals surface area contributed by atoms with Gasteiger partial charge in [-0.2, -0.15) is 18.2 Å². The Bertz CT molecular complexity index is 1050. The molecule has 3 aromatic rings. The van der Waals surface area contributed by atoms with Crippen LogP contribution in [0.1, 0.15) is 12.0 Å². The van der Waals surface area contributed by atoms with Gasteiger partial charge in [0, 0.05) is 36.7 Å². The quantitative estimate of drug-likeness (QED) is 0.490. The maximum Gasteiger partial charge on any atom is 0.416 e. The summed E-state index contributed by atoms with van der Waals surface area (Å²) >= 11 is 0. The van der Waals surface area contributed by atoms with E-state index in [4.69, 9.17) is 5.73 Å². The van der Waals surface area contributed by atoms with Crippen molar-refractivity contribution in [3.63, 3.8) is 0 Å². The van der Waals surface area contributed by atoms with Crippen molar-refractivity contribution in [2.75, 3.05) is 36.1 Å². The van der Waals surface area contributed by atoms with Crippen LogP contribution in [0, 0.1) is 0 Å². The van der Waals surface area contributed by atoms with Crippen molar-refractivity contribution >= 4 is 59.0 Å². The van der Waals surface area contributed by atoms with E-state index in [2.05, 4.69) is 30.5 Å². The van der Waals surface area contributed by atoms with Crippen LogP contribution >= 0.6 is 24.8 Å². The number of nitrogen functional groups attached to an aromatic ring is 1. The Morgan fingerprint density at radius 1 is 1.16 bits per heavy atom. The number of nitrogens with zero attached hydrogens (tertiary/aromatic N) is 4. The molecule has 1 aliphatic rings. The van der Waals surface area contributed by atoms with Crippen LogP contribution in [0.3, 0.4) is 0 Å². The number of pyridine rings is 1. The van der Waals surface area contributed by atoms with E-state index >= 15 is 0 Å². The molecule has 4 N–H and O–H groups in total. The predicted molar refractivity (Wildman–Crippen MR) is 121 cm³/mol. The van der Waals surface area contributed by atoms with Crippen molar-refractivity contribution in [1.82, 2.24) is 20.3 Å². The highest BCUT2D eigenvalue weighted by Crippen LogP contribution is 2.34. The lowest BCUT2D eigenvalue weighted by atomic mass is 10.1. The first-order valence-corrected chi connectivity index (χ1v) is 9.13. The minimum atomic E-state index is -4.50. The van der Waals surface area contributed by atoms with Crippen LogP contribution in [0.5, 0.6) is 0 Å². The van der Waals surface area contributed by atoms with E-state index in [1.54, 1.807) is 18.3 Å². The third kappa shape index (κ3) is 5.38. The fourth-order valence-corrected chi connectivity index (χ4v) is 3.43. The molecule has 1 fully saturated rings. The van der Waals surface area contributed by atoms with E-state index in [-0.39, 0.29) is 42.1 Å². The zero-order valence-electron chi connectivity index (χ0n) is 16.5. The van der Waals surface area contributed by atoms with Crippen molar-refractivity contribution in [1.29, 1.82) is 0 Å². The van der Waals surface area contributed by atoms with Gasteiger partial charge in [0.1, 0.15) is 5.52 Å². The smallest absolute Gasteiger partial charge is 0.399 e. The van der Waals surface area contributed by atoms with Crippen LogP contribution < -0.4 is 21.3 Å². The van der Waals surface area contributed by atoms with Gasteiger partial charge in [0.05, 0.1) is 11.1 Å². The van der Waals surface area contributed by atoms with Gasteiger partial charge in [0.25, 0.3) is 0 Å². The Morgan fingerprint density at radius 3 is 2.61 bits per heavy atom. The third-order valence-electron chi connectivity index (χ3n) is 4.87. The molecule has 31 heavy (non-hydrogen) atoms. The third-order valence-corrected chi connectivity index (χ3v) is 4.87. The van der Waals surface area contributed by atoms with Crippen LogP contribution in [0.25, 0.3) is 11.0 Å². The summed E-state index contributed by atoms with van der Waals surface area (Å²) in [6.45, 7) is 1.55. The van der Waals surface area contributed by atoms with Crippen LogP contribution in [0.15, 0.2) is 36.5 Å². The first kappa shape index (κ1) is 24.7. The largest absolute Gasteiger partial charge is 0.416 e. The molecule has 0 radical (unpaired) electrons. The van der Waals surface area contributed by atoms with E-state index in [1.807, 2.05) is 7.05 Å². The van der Waals surface area contributed by atoms with Gasteiger partial charge in [-0.1, -0.05) is 0 Å². The van der Waals surface area contributed by atoms with Gasteiger partial charge in [-0.25, -0.2) is 4.98 Å². The highest BCUT2D eigenvalue weighted by atomic mass is 35.5. The number of nitrogens with one attached hydrogen (secondary N) is 2. The number of benzene rings is 1. The standard InChI is InChI=1S/C19H20F3N7.2ClH/c1-24-13-4-6-29(10-13)17-16-15(3-2-5-25-16)27-18(28-17)26-14-8-11(19(20,21)22)7-12(23)9-14;;/h2-3,5,7-9,13,24H,4,6,10,23H2,1H3,(H,26,27,28);2*1H. The molecule has 12 heteroatoms. The van der Waals surface area contributed by atoms with Gasteiger partial charge < -0.3 is 21.3 Å². The summed E-state index contributed by atoms with van der Waals surface area (Å²) in [4.78, 5) is 15.5. The van der Waals surface area contributed by atoms with Gasteiger partial charge in [-0.3, -0.25) is 4.98 Å². The monoisotopic (exact) mass is 475 g/mol. The minimum Gasteiger partial charge on any atom is -0.399 e. The zero-order valence-corrected chi connectivity index (χ0v) is 18.1. The Balaban J connectivity index is 0.00000171. The lowest BCUT2D eigenvalue weighted by molar-refractivity contribution is -0.137. The van der Waals surface area contributed by atoms with Crippen LogP contribution in [-0.2, 0) is 6.18 Å². The molecule has 7 nitrogen and oxygen atoms in total. The van der Waals surface area contributed by atoms with Gasteiger partial charge in [0.15, 0.2) is 5.82 Å². The first-order chi connectivity index (χ1) is 13.8. The number of anilines is 4. The Hall–Kier alpha value is -2.56. The molecule has 0 aliphatic carbocycles. The van der Waals surface area contributed by atoms with Crippen LogP contribution in [0.2, 0.25) is 0 Å². The van der Waals surface area contributed by atoms with Crippen molar-refractivity contribution in [2.45, 2.75) is 18.6 Å². The second-order valence-electron chi connectivity index (χ2n) is 6.93. The van der Waals surface area contributed by atoms with E-state index in [9.17, 15) is 13.2 Å². The Morgan fingerprint density at radius 2 is 1.94 bits per heavy atom. The van der Waals surface area contributed by atoms with Crippen LogP contribution in [-0.4, -0.2) is 41.1 Å². The first-order valence-electron chi connectivity index (χ1n) is 9.13. The fraction of sp³-hybridized carbons (Fsp3) is 0.316. The molecule has 1 aromatic carbocycles. The second-order valence-corrected chi connectivity index (χ2v) is 6.93. The molecule has 1 saturated heterocycles. The highest BCUT2D eigenvalue weighted by molar-refractivity contribution is 5.87. The number of rotatable bonds is 4. The molecule has 1 unspecified atom stereocenters. The fourth-order valence-electron chi connectivity index (χ4n) is 3.43. The average molecular weight is 476 g/mol. The normalized spacial score (nSPS) is 16.0. The lowest BCUT2D eigenvalue weighted by Gasteiger charge is -2.20. The number of halogens is 5. The van der Waals surface area contributed by atoms with Crippen molar-refractivity contribution < 1.29 is 13.2 Å². The zero-order chi connectivity index (χ0) is 20.6. The predicted octanol–water partition coefficient (Wildman–Crippen LogP) is 4.01. The number of alkyl halides is 3. The molecule has 0 bridgehead atoms. The molecular weight excluding hydrogens is 454 g/mol. The summed E-state index contributed by atoms with van der Waals surface area (Å²) < 4.78 is 39.3. The molecule has 168 valence electrons. The lowest BCUT2D eigenvalue weighted by Crippen LogP contribution is -2.30. The van der Waals surface area contributed by atoms with E-state index in [0.29, 0.717) is 22.9 Å². The van der Waals surface area contributed by atoms with E-state index < -0.39 is 11.7 Å². The summed E-state index contributed by atoms with van der Waals surface area (Å²) in [5, 5.41) is 6.12. The molecule has 2 aromatic heterocycles. The molecule has 3 heterocycles. The maximum atomic E-state index is 13.1. The number of aromatic nitrogens is 3. The molecule has 4 rings (SSSR count). The summed E-state index contributed by atoms with van der Waals surface area (Å²) in [7, 11) is 1.91. The van der Waals surface area contributed by atoms with Crippen molar-refractivity contribution in [2.24, 2.45) is 0 Å². The number of hydrogen-bond donors (Lipinski definition) is 3. The number of hydrogen-bond acceptors (Lipinski definition) is 7. The topological polar surface area (TPSA) is 92.0 Å². The van der Waals surface area contributed by atoms with Crippen molar-refractivity contribution in [3.05, 3.63) is 42.1 Å². The second kappa shape index (κ2) is 9.71. The number of fused-ring (bicyclic) bond motifs is 1. The molecule has 0 saturated carbocycles. The SMILES string of the molecule is CNC1CCN(c2nc(Nc3cc(N)cc(C(F)(F)F)c3)nc3cccnc23)C1.Cl.Cl. The number of nitrogens with two attached hydrogens (primary N) is 1. The van der Waals surface area contributed by atoms with Crippen molar-refractivity contribution in [3.8, 4) is 0 Å². The van der Waals surface area contributed by atoms with Gasteiger partial charge in [-0.15, -0.1) is 24.8 Å². The molecule has 1 aliphatic heterocycles. The highest BCUT2D eigenvalue weighted by Gasteiger charge is 2.31. The van der Waals surface area contributed by atoms with E-state index in [1.165, 1.54) is 6.07 Å². The summed E-state index contributed by atoms with van der Waals surface area (Å²) in [5.74, 6) is 0.836. The summed E-state index contributed by atoms with van der Waals surface area (Å²) in [6, 6.07) is 7.18. The Kier molecular flexibility index (Phi) is 7.74. The minimum absolute atomic E-state index is 0. The maximum absolute atomic E-state index is 13.1. The van der Waals surface area contributed by atoms with Gasteiger partial charge >= 0.3 is 6.18 Å². The van der Waals surface area contributed by atoms with Crippen LogP contribution in [0.4, 0.5) is 36.3 Å². The average Bonchev–Trinajstić information content (AvgIpc) is 3.15. The van der Waals surface area contributed by atoms with Gasteiger partial charge in [0.2, 0.25) is 5.95 Å². The van der Waals surface area contributed by atoms with E-state index in [0.717, 1.165) is 31.6 Å². The molecule has 0 amide bonds.